The van der Waals surface area contributed by atoms with Gasteiger partial charge >= 0.3 is 5.97 Å². The molecule has 1 aromatic heterocycles. The van der Waals surface area contributed by atoms with Crippen molar-refractivity contribution in [3.05, 3.63) is 47.9 Å². The van der Waals surface area contributed by atoms with E-state index in [1.165, 1.54) is 19.5 Å². The molecule has 1 amide bonds. The SMILES string of the molecule is COC(=O)c1ccccc1Nc1cnc(C(=O)N2CCC(C)CC2)cn1. The van der Waals surface area contributed by atoms with Crippen molar-refractivity contribution in [2.24, 2.45) is 5.92 Å². The summed E-state index contributed by atoms with van der Waals surface area (Å²) in [5, 5.41) is 3.04. The van der Waals surface area contributed by atoms with E-state index >= 15 is 0 Å². The number of aromatic nitrogens is 2. The number of piperidine rings is 1. The predicted octanol–water partition coefficient (Wildman–Crippen LogP) is 2.88. The summed E-state index contributed by atoms with van der Waals surface area (Å²) in [7, 11) is 1.33. The number of ether oxygens (including phenoxy) is 1. The topological polar surface area (TPSA) is 84.4 Å². The third kappa shape index (κ3) is 3.99. The van der Waals surface area contributed by atoms with E-state index in [0.29, 0.717) is 28.7 Å². The molecule has 2 heterocycles. The van der Waals surface area contributed by atoms with Gasteiger partial charge in [-0.05, 0) is 30.9 Å². The van der Waals surface area contributed by atoms with E-state index in [9.17, 15) is 9.59 Å². The molecule has 7 heteroatoms. The molecule has 1 saturated heterocycles. The third-order valence-corrected chi connectivity index (χ3v) is 4.54. The number of amides is 1. The van der Waals surface area contributed by atoms with Crippen molar-refractivity contribution in [3.63, 3.8) is 0 Å². The molecular formula is C19H22N4O3. The molecule has 2 aromatic rings. The molecule has 1 fully saturated rings. The summed E-state index contributed by atoms with van der Waals surface area (Å²) in [4.78, 5) is 34.6. The molecule has 0 saturated carbocycles. The van der Waals surface area contributed by atoms with Gasteiger partial charge < -0.3 is 15.0 Å². The van der Waals surface area contributed by atoms with Crippen LogP contribution in [-0.4, -0.2) is 46.9 Å². The Balaban J connectivity index is 1.71. The molecule has 0 spiro atoms. The lowest BCUT2D eigenvalue weighted by molar-refractivity contribution is 0.0601. The van der Waals surface area contributed by atoms with Crippen molar-refractivity contribution >= 4 is 23.4 Å². The average Bonchev–Trinajstić information content (AvgIpc) is 2.68. The van der Waals surface area contributed by atoms with Gasteiger partial charge in [-0.2, -0.15) is 0 Å². The van der Waals surface area contributed by atoms with Crippen LogP contribution in [-0.2, 0) is 4.74 Å². The number of anilines is 2. The maximum atomic E-state index is 12.5. The lowest BCUT2D eigenvalue weighted by Gasteiger charge is -2.29. The molecular weight excluding hydrogens is 332 g/mol. The van der Waals surface area contributed by atoms with Gasteiger partial charge in [0.25, 0.3) is 5.91 Å². The summed E-state index contributed by atoms with van der Waals surface area (Å²) in [6, 6.07) is 6.97. The lowest BCUT2D eigenvalue weighted by Crippen LogP contribution is -2.38. The zero-order valence-electron chi connectivity index (χ0n) is 14.9. The molecule has 1 N–H and O–H groups in total. The molecule has 7 nitrogen and oxygen atoms in total. The van der Waals surface area contributed by atoms with Crippen molar-refractivity contribution in [2.75, 3.05) is 25.5 Å². The zero-order valence-corrected chi connectivity index (χ0v) is 14.9. The number of likely N-dealkylation sites (tertiary alicyclic amines) is 1. The molecule has 26 heavy (non-hydrogen) atoms. The first-order valence-electron chi connectivity index (χ1n) is 8.64. The predicted molar refractivity (Wildman–Crippen MR) is 97.4 cm³/mol. The van der Waals surface area contributed by atoms with Crippen LogP contribution >= 0.6 is 0 Å². The molecule has 1 aliphatic heterocycles. The maximum absolute atomic E-state index is 12.5. The quantitative estimate of drug-likeness (QED) is 0.850. The number of nitrogens with zero attached hydrogens (tertiary/aromatic N) is 3. The highest BCUT2D eigenvalue weighted by Gasteiger charge is 2.22. The van der Waals surface area contributed by atoms with E-state index in [1.807, 2.05) is 4.90 Å². The summed E-state index contributed by atoms with van der Waals surface area (Å²) in [6.45, 7) is 3.72. The number of carbonyl (C=O) groups is 2. The van der Waals surface area contributed by atoms with Crippen LogP contribution in [0.25, 0.3) is 0 Å². The molecule has 0 atom stereocenters. The van der Waals surface area contributed by atoms with Gasteiger partial charge in [-0.1, -0.05) is 19.1 Å². The fourth-order valence-corrected chi connectivity index (χ4v) is 2.89. The Bertz CT molecular complexity index is 784. The average molecular weight is 354 g/mol. The summed E-state index contributed by atoms with van der Waals surface area (Å²) in [5.74, 6) is 0.579. The number of carbonyl (C=O) groups excluding carboxylic acids is 2. The second-order valence-electron chi connectivity index (χ2n) is 6.42. The largest absolute Gasteiger partial charge is 0.465 e. The minimum Gasteiger partial charge on any atom is -0.465 e. The van der Waals surface area contributed by atoms with E-state index in [0.717, 1.165) is 25.9 Å². The third-order valence-electron chi connectivity index (χ3n) is 4.54. The van der Waals surface area contributed by atoms with Gasteiger partial charge in [0.05, 0.1) is 30.8 Å². The van der Waals surface area contributed by atoms with Crippen LogP contribution in [0.5, 0.6) is 0 Å². The van der Waals surface area contributed by atoms with Gasteiger partial charge in [0.15, 0.2) is 0 Å². The van der Waals surface area contributed by atoms with Crippen LogP contribution in [0.3, 0.4) is 0 Å². The summed E-state index contributed by atoms with van der Waals surface area (Å²) in [5.41, 5.74) is 1.29. The van der Waals surface area contributed by atoms with E-state index < -0.39 is 5.97 Å². The van der Waals surface area contributed by atoms with Gasteiger partial charge in [0.2, 0.25) is 0 Å². The highest BCUT2D eigenvalue weighted by Crippen LogP contribution is 2.21. The molecule has 0 unspecified atom stereocenters. The monoisotopic (exact) mass is 354 g/mol. The van der Waals surface area contributed by atoms with Crippen molar-refractivity contribution < 1.29 is 14.3 Å². The Morgan fingerprint density at radius 3 is 2.54 bits per heavy atom. The van der Waals surface area contributed by atoms with Crippen molar-refractivity contribution in [1.29, 1.82) is 0 Å². The van der Waals surface area contributed by atoms with E-state index in [4.69, 9.17) is 4.74 Å². The fourth-order valence-electron chi connectivity index (χ4n) is 2.89. The Kier molecular flexibility index (Phi) is 5.46. The van der Waals surface area contributed by atoms with Crippen LogP contribution in [0, 0.1) is 5.92 Å². The maximum Gasteiger partial charge on any atom is 0.339 e. The smallest absolute Gasteiger partial charge is 0.339 e. The number of hydrogen-bond acceptors (Lipinski definition) is 6. The first-order chi connectivity index (χ1) is 12.6. The molecule has 1 aromatic carbocycles. The molecule has 1 aliphatic rings. The van der Waals surface area contributed by atoms with Crippen molar-refractivity contribution in [3.8, 4) is 0 Å². The van der Waals surface area contributed by atoms with Gasteiger partial charge in [-0.25, -0.2) is 14.8 Å². The molecule has 136 valence electrons. The van der Waals surface area contributed by atoms with E-state index in [-0.39, 0.29) is 5.91 Å². The van der Waals surface area contributed by atoms with Crippen LogP contribution in [0.1, 0.15) is 40.6 Å². The Hall–Kier alpha value is -2.96. The first-order valence-corrected chi connectivity index (χ1v) is 8.64. The zero-order chi connectivity index (χ0) is 18.5. The number of nitrogens with one attached hydrogen (secondary N) is 1. The number of benzene rings is 1. The second kappa shape index (κ2) is 7.95. The van der Waals surface area contributed by atoms with E-state index in [1.54, 1.807) is 24.3 Å². The second-order valence-corrected chi connectivity index (χ2v) is 6.42. The molecule has 0 radical (unpaired) electrons. The minimum atomic E-state index is -0.438. The number of hydrogen-bond donors (Lipinski definition) is 1. The molecule has 3 rings (SSSR count). The lowest BCUT2D eigenvalue weighted by atomic mass is 9.99. The highest BCUT2D eigenvalue weighted by atomic mass is 16.5. The van der Waals surface area contributed by atoms with E-state index in [2.05, 4.69) is 22.2 Å². The summed E-state index contributed by atoms with van der Waals surface area (Å²) >= 11 is 0. The van der Waals surface area contributed by atoms with Crippen LogP contribution in [0.2, 0.25) is 0 Å². The van der Waals surface area contributed by atoms with Crippen molar-refractivity contribution in [2.45, 2.75) is 19.8 Å². The van der Waals surface area contributed by atoms with Crippen molar-refractivity contribution in [1.82, 2.24) is 14.9 Å². The number of esters is 1. The fraction of sp³-hybridized carbons (Fsp3) is 0.368. The van der Waals surface area contributed by atoms with Gasteiger partial charge in [-0.3, -0.25) is 4.79 Å². The van der Waals surface area contributed by atoms with Crippen LogP contribution in [0.15, 0.2) is 36.7 Å². The van der Waals surface area contributed by atoms with Gasteiger partial charge in [0, 0.05) is 13.1 Å². The Morgan fingerprint density at radius 2 is 1.88 bits per heavy atom. The number of methoxy groups -OCH3 is 1. The number of rotatable bonds is 4. The molecule has 0 bridgehead atoms. The summed E-state index contributed by atoms with van der Waals surface area (Å²) < 4.78 is 4.77. The Morgan fingerprint density at radius 1 is 1.15 bits per heavy atom. The van der Waals surface area contributed by atoms with Crippen LogP contribution in [0.4, 0.5) is 11.5 Å². The number of para-hydroxylation sites is 1. The van der Waals surface area contributed by atoms with Gasteiger partial charge in [-0.15, -0.1) is 0 Å². The van der Waals surface area contributed by atoms with Gasteiger partial charge in [0.1, 0.15) is 11.5 Å². The first kappa shape index (κ1) is 17.8. The van der Waals surface area contributed by atoms with Crippen LogP contribution < -0.4 is 5.32 Å². The normalized spacial score (nSPS) is 14.8. The standard InChI is InChI=1S/C19H22N4O3/c1-13-7-9-23(10-8-13)18(24)16-11-21-17(12-20-16)22-15-6-4-3-5-14(15)19(25)26-2/h3-6,11-13H,7-10H2,1-2H3,(H,21,22). The molecule has 0 aliphatic carbocycles. The summed E-state index contributed by atoms with van der Waals surface area (Å²) in [6.07, 6.45) is 4.99. The minimum absolute atomic E-state index is 0.0917. The Labute approximate surface area is 152 Å². The highest BCUT2D eigenvalue weighted by molar-refractivity contribution is 5.96.